The van der Waals surface area contributed by atoms with E-state index < -0.39 is 5.91 Å². The normalized spacial score (nSPS) is 15.0. The Balaban J connectivity index is 1.54. The van der Waals surface area contributed by atoms with E-state index >= 15 is 0 Å². The van der Waals surface area contributed by atoms with Crippen LogP contribution in [0, 0.1) is 5.82 Å². The van der Waals surface area contributed by atoms with Crippen molar-refractivity contribution < 1.29 is 18.7 Å². The van der Waals surface area contributed by atoms with Gasteiger partial charge in [-0.1, -0.05) is 51.8 Å². The molecular formula is C24H16BrClFNO3S. The monoisotopic (exact) mass is 531 g/mol. The summed E-state index contributed by atoms with van der Waals surface area (Å²) in [6.45, 7) is 0.409. The van der Waals surface area contributed by atoms with E-state index in [0.717, 1.165) is 26.7 Å². The van der Waals surface area contributed by atoms with Crippen molar-refractivity contribution in [2.24, 2.45) is 0 Å². The predicted molar refractivity (Wildman–Crippen MR) is 128 cm³/mol. The van der Waals surface area contributed by atoms with Gasteiger partial charge in [-0.3, -0.25) is 14.5 Å². The zero-order valence-electron chi connectivity index (χ0n) is 16.6. The van der Waals surface area contributed by atoms with Gasteiger partial charge in [-0.15, -0.1) is 0 Å². The fourth-order valence-corrected chi connectivity index (χ4v) is 4.39. The number of hydrogen-bond donors (Lipinski definition) is 0. The van der Waals surface area contributed by atoms with Gasteiger partial charge in [-0.2, -0.15) is 0 Å². The van der Waals surface area contributed by atoms with Crippen LogP contribution in [0.25, 0.3) is 6.08 Å². The van der Waals surface area contributed by atoms with Crippen LogP contribution in [0.4, 0.5) is 9.18 Å². The quantitative estimate of drug-likeness (QED) is 0.319. The summed E-state index contributed by atoms with van der Waals surface area (Å²) in [6.07, 6.45) is 1.65. The SMILES string of the molecule is O=C1S/C(=C\c2cc(Br)ccc2OCc2ccc(Cl)cc2)C(=O)N1Cc1ccc(F)cc1. The Bertz CT molecular complexity index is 1200. The van der Waals surface area contributed by atoms with E-state index in [4.69, 9.17) is 16.3 Å². The fraction of sp³-hybridized carbons (Fsp3) is 0.0833. The maximum absolute atomic E-state index is 13.1. The highest BCUT2D eigenvalue weighted by Crippen LogP contribution is 2.36. The van der Waals surface area contributed by atoms with E-state index in [1.165, 1.54) is 12.1 Å². The molecule has 0 N–H and O–H groups in total. The minimum absolute atomic E-state index is 0.0840. The molecule has 2 amide bonds. The summed E-state index contributed by atoms with van der Waals surface area (Å²) < 4.78 is 19.9. The van der Waals surface area contributed by atoms with Crippen LogP contribution in [0.1, 0.15) is 16.7 Å². The maximum atomic E-state index is 13.1. The van der Waals surface area contributed by atoms with Crippen molar-refractivity contribution in [3.63, 3.8) is 0 Å². The van der Waals surface area contributed by atoms with Gasteiger partial charge in [-0.25, -0.2) is 4.39 Å². The van der Waals surface area contributed by atoms with Crippen LogP contribution >= 0.6 is 39.3 Å². The molecule has 3 aromatic rings. The third-order valence-electron chi connectivity index (χ3n) is 4.69. The smallest absolute Gasteiger partial charge is 0.293 e. The Morgan fingerprint density at radius 3 is 2.41 bits per heavy atom. The van der Waals surface area contributed by atoms with E-state index in [2.05, 4.69) is 15.9 Å². The third kappa shape index (κ3) is 5.41. The van der Waals surface area contributed by atoms with E-state index in [0.29, 0.717) is 33.4 Å². The Kier molecular flexibility index (Phi) is 6.98. The van der Waals surface area contributed by atoms with Gasteiger partial charge < -0.3 is 4.74 Å². The van der Waals surface area contributed by atoms with Gasteiger partial charge in [0.2, 0.25) is 0 Å². The van der Waals surface area contributed by atoms with Gasteiger partial charge in [0.1, 0.15) is 18.2 Å². The number of ether oxygens (including phenoxy) is 1. The molecule has 0 atom stereocenters. The molecule has 0 radical (unpaired) electrons. The van der Waals surface area contributed by atoms with E-state index in [9.17, 15) is 14.0 Å². The number of carbonyl (C=O) groups excluding carboxylic acids is 2. The van der Waals surface area contributed by atoms with Gasteiger partial charge in [0.25, 0.3) is 11.1 Å². The van der Waals surface area contributed by atoms with Crippen LogP contribution in [-0.2, 0) is 17.9 Å². The second kappa shape index (κ2) is 9.90. The lowest BCUT2D eigenvalue weighted by Gasteiger charge is -2.12. The summed E-state index contributed by atoms with van der Waals surface area (Å²) in [7, 11) is 0. The van der Waals surface area contributed by atoms with E-state index in [-0.39, 0.29) is 17.6 Å². The molecule has 1 fully saturated rings. The van der Waals surface area contributed by atoms with Gasteiger partial charge >= 0.3 is 0 Å². The number of halogens is 3. The van der Waals surface area contributed by atoms with Crippen molar-refractivity contribution in [1.29, 1.82) is 0 Å². The van der Waals surface area contributed by atoms with Crippen LogP contribution < -0.4 is 4.74 Å². The van der Waals surface area contributed by atoms with Crippen molar-refractivity contribution in [3.8, 4) is 5.75 Å². The largest absolute Gasteiger partial charge is 0.488 e. The van der Waals surface area contributed by atoms with Gasteiger partial charge in [-0.05, 0) is 71.4 Å². The van der Waals surface area contributed by atoms with Crippen LogP contribution in [0.15, 0.2) is 76.1 Å². The molecule has 3 aromatic carbocycles. The number of amides is 2. The lowest BCUT2D eigenvalue weighted by Crippen LogP contribution is -2.27. The van der Waals surface area contributed by atoms with Crippen molar-refractivity contribution in [1.82, 2.24) is 4.90 Å². The highest BCUT2D eigenvalue weighted by Gasteiger charge is 2.35. The molecule has 1 aliphatic rings. The van der Waals surface area contributed by atoms with Gasteiger partial charge in [0.15, 0.2) is 0 Å². The number of rotatable bonds is 6. The summed E-state index contributed by atoms with van der Waals surface area (Å²) in [5, 5.41) is 0.277. The first-order chi connectivity index (χ1) is 15.4. The summed E-state index contributed by atoms with van der Waals surface area (Å²) in [6, 6.07) is 18.5. The number of imide groups is 1. The molecule has 162 valence electrons. The number of nitrogens with zero attached hydrogens (tertiary/aromatic N) is 1. The molecular weight excluding hydrogens is 517 g/mol. The minimum Gasteiger partial charge on any atom is -0.488 e. The number of thioether (sulfide) groups is 1. The molecule has 8 heteroatoms. The molecule has 0 aliphatic carbocycles. The Labute approximate surface area is 202 Å². The lowest BCUT2D eigenvalue weighted by atomic mass is 10.1. The Hall–Kier alpha value is -2.61. The van der Waals surface area contributed by atoms with Crippen LogP contribution in [-0.4, -0.2) is 16.0 Å². The standard InChI is InChI=1S/C24H16BrClFNO3S/c25-18-5-10-21(31-14-16-1-6-19(26)7-2-16)17(11-18)12-22-23(29)28(24(30)32-22)13-15-3-8-20(27)9-4-15/h1-12H,13-14H2/b22-12-. The first kappa shape index (κ1) is 22.6. The highest BCUT2D eigenvalue weighted by molar-refractivity contribution is 9.10. The van der Waals surface area contributed by atoms with Crippen LogP contribution in [0.2, 0.25) is 5.02 Å². The van der Waals surface area contributed by atoms with Crippen LogP contribution in [0.3, 0.4) is 0 Å². The van der Waals surface area contributed by atoms with E-state index in [1.807, 2.05) is 24.3 Å². The van der Waals surface area contributed by atoms with Gasteiger partial charge in [0, 0.05) is 15.1 Å². The summed E-state index contributed by atoms with van der Waals surface area (Å²) in [5.41, 5.74) is 2.29. The van der Waals surface area contributed by atoms with Crippen molar-refractivity contribution in [2.45, 2.75) is 13.2 Å². The van der Waals surface area contributed by atoms with Crippen LogP contribution in [0.5, 0.6) is 5.75 Å². The molecule has 0 unspecified atom stereocenters. The molecule has 4 rings (SSSR count). The molecule has 1 aliphatic heterocycles. The lowest BCUT2D eigenvalue weighted by molar-refractivity contribution is -0.123. The van der Waals surface area contributed by atoms with E-state index in [1.54, 1.807) is 36.4 Å². The molecule has 32 heavy (non-hydrogen) atoms. The molecule has 1 saturated heterocycles. The number of benzene rings is 3. The molecule has 4 nitrogen and oxygen atoms in total. The average Bonchev–Trinajstić information content (AvgIpc) is 3.03. The first-order valence-electron chi connectivity index (χ1n) is 9.55. The van der Waals surface area contributed by atoms with Gasteiger partial charge in [0.05, 0.1) is 11.4 Å². The zero-order valence-corrected chi connectivity index (χ0v) is 19.7. The highest BCUT2D eigenvalue weighted by atomic mass is 79.9. The second-order valence-corrected chi connectivity index (χ2v) is 9.34. The Morgan fingerprint density at radius 2 is 1.69 bits per heavy atom. The second-order valence-electron chi connectivity index (χ2n) is 6.99. The summed E-state index contributed by atoms with van der Waals surface area (Å²) in [5.74, 6) is -0.190. The first-order valence-corrected chi connectivity index (χ1v) is 11.5. The molecule has 1 heterocycles. The molecule has 0 bridgehead atoms. The molecule has 0 aromatic heterocycles. The molecule has 0 saturated carbocycles. The molecule has 0 spiro atoms. The Morgan fingerprint density at radius 1 is 1.00 bits per heavy atom. The predicted octanol–water partition coefficient (Wildman–Crippen LogP) is 7.06. The third-order valence-corrected chi connectivity index (χ3v) is 6.35. The number of hydrogen-bond acceptors (Lipinski definition) is 4. The summed E-state index contributed by atoms with van der Waals surface area (Å²) >= 11 is 10.2. The average molecular weight is 533 g/mol. The van der Waals surface area contributed by atoms with Crippen molar-refractivity contribution in [2.75, 3.05) is 0 Å². The maximum Gasteiger partial charge on any atom is 0.293 e. The zero-order chi connectivity index (χ0) is 22.7. The van der Waals surface area contributed by atoms with Crippen molar-refractivity contribution in [3.05, 3.63) is 104 Å². The summed E-state index contributed by atoms with van der Waals surface area (Å²) in [4.78, 5) is 26.8. The topological polar surface area (TPSA) is 46.6 Å². The number of carbonyl (C=O) groups is 2. The minimum atomic E-state index is -0.395. The van der Waals surface area contributed by atoms with Crippen molar-refractivity contribution >= 4 is 56.5 Å². The fourth-order valence-electron chi connectivity index (χ4n) is 3.06.